The van der Waals surface area contributed by atoms with E-state index in [0.717, 1.165) is 45.8 Å². The third-order valence-electron chi connectivity index (χ3n) is 4.94. The van der Waals surface area contributed by atoms with Gasteiger partial charge in [0.15, 0.2) is 0 Å². The molecule has 3 rings (SSSR count). The summed E-state index contributed by atoms with van der Waals surface area (Å²) < 4.78 is 0. The van der Waals surface area contributed by atoms with Crippen LogP contribution in [0.1, 0.15) is 23.1 Å². The first-order valence-electron chi connectivity index (χ1n) is 9.51. The summed E-state index contributed by atoms with van der Waals surface area (Å²) in [6.07, 6.45) is 0.574. The van der Waals surface area contributed by atoms with Crippen LogP contribution in [0.15, 0.2) is 54.6 Å². The molecule has 2 aromatic carbocycles. The van der Waals surface area contributed by atoms with Crippen molar-refractivity contribution in [1.82, 2.24) is 15.1 Å². The zero-order chi connectivity index (χ0) is 18.2. The lowest BCUT2D eigenvalue weighted by atomic mass is 10.1. The van der Waals surface area contributed by atoms with E-state index in [0.29, 0.717) is 6.42 Å². The predicted molar refractivity (Wildman–Crippen MR) is 106 cm³/mol. The van der Waals surface area contributed by atoms with E-state index in [-0.39, 0.29) is 5.91 Å². The number of amides is 1. The molecule has 1 amide bonds. The molecular weight excluding hydrogens is 322 g/mol. The molecule has 0 atom stereocenters. The molecule has 0 unspecified atom stereocenters. The zero-order valence-corrected chi connectivity index (χ0v) is 15.7. The summed E-state index contributed by atoms with van der Waals surface area (Å²) in [5, 5.41) is 3.37. The molecule has 0 spiro atoms. The van der Waals surface area contributed by atoms with Crippen molar-refractivity contribution in [2.45, 2.75) is 26.4 Å². The predicted octanol–water partition coefficient (Wildman–Crippen LogP) is 2.82. The summed E-state index contributed by atoms with van der Waals surface area (Å²) in [6, 6.07) is 19.1. The van der Waals surface area contributed by atoms with E-state index in [1.54, 1.807) is 0 Å². The fourth-order valence-electron chi connectivity index (χ4n) is 3.29. The van der Waals surface area contributed by atoms with Gasteiger partial charge in [0.2, 0.25) is 5.91 Å². The SMILES string of the molecule is Cc1ccc(CNCCC(=O)N2CCN(Cc3ccccc3)CC2)cc1. The van der Waals surface area contributed by atoms with Gasteiger partial charge in [-0.15, -0.1) is 0 Å². The summed E-state index contributed by atoms with van der Waals surface area (Å²) in [5.41, 5.74) is 3.88. The van der Waals surface area contributed by atoms with Crippen LogP contribution in [0.2, 0.25) is 0 Å². The molecule has 138 valence electrons. The van der Waals surface area contributed by atoms with Crippen molar-refractivity contribution in [2.24, 2.45) is 0 Å². The molecule has 0 radical (unpaired) electrons. The molecule has 0 saturated carbocycles. The Morgan fingerprint density at radius 1 is 0.923 bits per heavy atom. The van der Waals surface area contributed by atoms with Crippen molar-refractivity contribution < 1.29 is 4.79 Å². The van der Waals surface area contributed by atoms with Crippen LogP contribution >= 0.6 is 0 Å². The van der Waals surface area contributed by atoms with Gasteiger partial charge in [0.25, 0.3) is 0 Å². The Kier molecular flexibility index (Phi) is 6.81. The number of piperazine rings is 1. The van der Waals surface area contributed by atoms with Crippen molar-refractivity contribution in [1.29, 1.82) is 0 Å². The largest absolute Gasteiger partial charge is 0.340 e. The number of nitrogens with zero attached hydrogens (tertiary/aromatic N) is 2. The standard InChI is InChI=1S/C22H29N3O/c1-19-7-9-20(10-8-19)17-23-12-11-22(26)25-15-13-24(14-16-25)18-21-5-3-2-4-6-21/h2-10,23H,11-18H2,1H3. The molecule has 1 N–H and O–H groups in total. The van der Waals surface area contributed by atoms with Crippen LogP contribution < -0.4 is 5.32 Å². The number of hydrogen-bond donors (Lipinski definition) is 1. The van der Waals surface area contributed by atoms with E-state index in [9.17, 15) is 4.79 Å². The Balaban J connectivity index is 1.32. The summed E-state index contributed by atoms with van der Waals surface area (Å²) in [5.74, 6) is 0.265. The molecule has 1 aliphatic heterocycles. The van der Waals surface area contributed by atoms with Gasteiger partial charge in [0.1, 0.15) is 0 Å². The van der Waals surface area contributed by atoms with Crippen LogP contribution in [0.3, 0.4) is 0 Å². The van der Waals surface area contributed by atoms with Gasteiger partial charge in [0, 0.05) is 52.2 Å². The molecular formula is C22H29N3O. The molecule has 0 aromatic heterocycles. The van der Waals surface area contributed by atoms with Crippen molar-refractivity contribution in [3.05, 3.63) is 71.3 Å². The molecule has 4 nitrogen and oxygen atoms in total. The highest BCUT2D eigenvalue weighted by Gasteiger charge is 2.20. The van der Waals surface area contributed by atoms with Gasteiger partial charge in [-0.25, -0.2) is 0 Å². The lowest BCUT2D eigenvalue weighted by Crippen LogP contribution is -2.48. The molecule has 0 aliphatic carbocycles. The topological polar surface area (TPSA) is 35.6 Å². The average Bonchev–Trinajstić information content (AvgIpc) is 2.68. The van der Waals surface area contributed by atoms with E-state index >= 15 is 0 Å². The highest BCUT2D eigenvalue weighted by Crippen LogP contribution is 2.09. The Morgan fingerprint density at radius 3 is 2.31 bits per heavy atom. The Labute approximate surface area is 156 Å². The van der Waals surface area contributed by atoms with Crippen molar-refractivity contribution in [2.75, 3.05) is 32.7 Å². The van der Waals surface area contributed by atoms with Crippen molar-refractivity contribution in [3.63, 3.8) is 0 Å². The molecule has 1 aliphatic rings. The number of benzene rings is 2. The first-order chi connectivity index (χ1) is 12.7. The first-order valence-corrected chi connectivity index (χ1v) is 9.51. The number of hydrogen-bond acceptors (Lipinski definition) is 3. The molecule has 26 heavy (non-hydrogen) atoms. The molecule has 0 bridgehead atoms. The van der Waals surface area contributed by atoms with Gasteiger partial charge in [-0.1, -0.05) is 60.2 Å². The zero-order valence-electron chi connectivity index (χ0n) is 15.7. The summed E-state index contributed by atoms with van der Waals surface area (Å²) >= 11 is 0. The fourth-order valence-corrected chi connectivity index (χ4v) is 3.29. The van der Waals surface area contributed by atoms with E-state index in [4.69, 9.17) is 0 Å². The molecule has 1 fully saturated rings. The fraction of sp³-hybridized carbons (Fsp3) is 0.409. The molecule has 4 heteroatoms. The molecule has 2 aromatic rings. The Hall–Kier alpha value is -2.17. The highest BCUT2D eigenvalue weighted by molar-refractivity contribution is 5.76. The molecule has 1 saturated heterocycles. The lowest BCUT2D eigenvalue weighted by Gasteiger charge is -2.34. The van der Waals surface area contributed by atoms with Gasteiger partial charge in [-0.2, -0.15) is 0 Å². The van der Waals surface area contributed by atoms with E-state index in [1.165, 1.54) is 16.7 Å². The van der Waals surface area contributed by atoms with Crippen LogP contribution in [0.4, 0.5) is 0 Å². The minimum Gasteiger partial charge on any atom is -0.340 e. The smallest absolute Gasteiger partial charge is 0.223 e. The maximum atomic E-state index is 12.4. The van der Waals surface area contributed by atoms with E-state index in [1.807, 2.05) is 11.0 Å². The first kappa shape index (κ1) is 18.6. The van der Waals surface area contributed by atoms with Crippen LogP contribution in [-0.2, 0) is 17.9 Å². The quantitative estimate of drug-likeness (QED) is 0.779. The number of rotatable bonds is 7. The van der Waals surface area contributed by atoms with Crippen LogP contribution in [-0.4, -0.2) is 48.4 Å². The van der Waals surface area contributed by atoms with Crippen LogP contribution in [0, 0.1) is 6.92 Å². The van der Waals surface area contributed by atoms with Gasteiger partial charge in [-0.3, -0.25) is 9.69 Å². The second kappa shape index (κ2) is 9.51. The van der Waals surface area contributed by atoms with Gasteiger partial charge < -0.3 is 10.2 Å². The third kappa shape index (κ3) is 5.68. The second-order valence-electron chi connectivity index (χ2n) is 7.05. The Morgan fingerprint density at radius 2 is 1.62 bits per heavy atom. The number of carbonyl (C=O) groups is 1. The van der Waals surface area contributed by atoms with Gasteiger partial charge in [0.05, 0.1) is 0 Å². The van der Waals surface area contributed by atoms with Crippen LogP contribution in [0.5, 0.6) is 0 Å². The minimum atomic E-state index is 0.265. The number of nitrogens with one attached hydrogen (secondary N) is 1. The second-order valence-corrected chi connectivity index (χ2v) is 7.05. The number of aryl methyl sites for hydroxylation is 1. The maximum Gasteiger partial charge on any atom is 0.223 e. The normalized spacial score (nSPS) is 15.2. The highest BCUT2D eigenvalue weighted by atomic mass is 16.2. The van der Waals surface area contributed by atoms with Gasteiger partial charge >= 0.3 is 0 Å². The van der Waals surface area contributed by atoms with E-state index in [2.05, 4.69) is 65.7 Å². The summed E-state index contributed by atoms with van der Waals surface area (Å²) in [6.45, 7) is 8.20. The third-order valence-corrected chi connectivity index (χ3v) is 4.94. The number of carbonyl (C=O) groups excluding carboxylic acids is 1. The van der Waals surface area contributed by atoms with Crippen molar-refractivity contribution >= 4 is 5.91 Å². The van der Waals surface area contributed by atoms with E-state index < -0.39 is 0 Å². The Bertz CT molecular complexity index is 676. The molecule has 1 heterocycles. The monoisotopic (exact) mass is 351 g/mol. The van der Waals surface area contributed by atoms with Gasteiger partial charge in [-0.05, 0) is 18.1 Å². The maximum absolute atomic E-state index is 12.4. The van der Waals surface area contributed by atoms with Crippen molar-refractivity contribution in [3.8, 4) is 0 Å². The average molecular weight is 351 g/mol. The van der Waals surface area contributed by atoms with Crippen LogP contribution in [0.25, 0.3) is 0 Å². The minimum absolute atomic E-state index is 0.265. The lowest BCUT2D eigenvalue weighted by molar-refractivity contribution is -0.132. The summed E-state index contributed by atoms with van der Waals surface area (Å²) in [4.78, 5) is 16.8. The summed E-state index contributed by atoms with van der Waals surface area (Å²) in [7, 11) is 0.